The van der Waals surface area contributed by atoms with E-state index in [1.807, 2.05) is 47.5 Å². The van der Waals surface area contributed by atoms with Crippen molar-refractivity contribution >= 4 is 11.3 Å². The first kappa shape index (κ1) is 14.0. The fourth-order valence-electron chi connectivity index (χ4n) is 2.13. The highest BCUT2D eigenvalue weighted by Crippen LogP contribution is 2.24. The predicted octanol–water partition coefficient (Wildman–Crippen LogP) is 3.18. The fourth-order valence-corrected chi connectivity index (χ4v) is 3.00. The Morgan fingerprint density at radius 3 is 2.86 bits per heavy atom. The van der Waals surface area contributed by atoms with Crippen LogP contribution in [0.2, 0.25) is 0 Å². The van der Waals surface area contributed by atoms with E-state index in [9.17, 15) is 0 Å². The van der Waals surface area contributed by atoms with E-state index in [4.69, 9.17) is 0 Å². The number of benzene rings is 1. The Kier molecular flexibility index (Phi) is 4.43. The SMILES string of the molecule is C[C@@H](Cn1cccn1)NCc1cnc(-c2ccccc2)s1. The van der Waals surface area contributed by atoms with Gasteiger partial charge >= 0.3 is 0 Å². The summed E-state index contributed by atoms with van der Waals surface area (Å²) >= 11 is 1.74. The van der Waals surface area contributed by atoms with Crippen molar-refractivity contribution < 1.29 is 0 Å². The Labute approximate surface area is 128 Å². The molecule has 2 heterocycles. The van der Waals surface area contributed by atoms with Crippen molar-refractivity contribution in [3.8, 4) is 10.6 Å². The van der Waals surface area contributed by atoms with Gasteiger partial charge in [0.15, 0.2) is 0 Å². The second-order valence-corrected chi connectivity index (χ2v) is 6.12. The standard InChI is InChI=1S/C16H18N4S/c1-13(12-20-9-5-8-19-20)17-10-15-11-18-16(21-15)14-6-3-2-4-7-14/h2-9,11,13,17H,10,12H2,1H3/t13-/m0/s1. The molecule has 0 aliphatic heterocycles. The maximum atomic E-state index is 4.50. The zero-order valence-electron chi connectivity index (χ0n) is 11.9. The Morgan fingerprint density at radius 2 is 2.10 bits per heavy atom. The molecular weight excluding hydrogens is 280 g/mol. The summed E-state index contributed by atoms with van der Waals surface area (Å²) in [5.41, 5.74) is 1.18. The number of aromatic nitrogens is 3. The van der Waals surface area contributed by atoms with Crippen molar-refractivity contribution in [2.24, 2.45) is 0 Å². The third-order valence-electron chi connectivity index (χ3n) is 3.22. The van der Waals surface area contributed by atoms with E-state index in [1.54, 1.807) is 11.3 Å². The first-order chi connectivity index (χ1) is 10.3. The molecule has 1 aromatic carbocycles. The van der Waals surface area contributed by atoms with Gasteiger partial charge in [0.2, 0.25) is 0 Å². The van der Waals surface area contributed by atoms with Crippen LogP contribution < -0.4 is 5.32 Å². The van der Waals surface area contributed by atoms with E-state index in [2.05, 4.69) is 34.5 Å². The van der Waals surface area contributed by atoms with Crippen molar-refractivity contribution in [2.75, 3.05) is 0 Å². The van der Waals surface area contributed by atoms with Gasteiger partial charge in [-0.05, 0) is 13.0 Å². The third kappa shape index (κ3) is 3.77. The van der Waals surface area contributed by atoms with E-state index in [0.29, 0.717) is 6.04 Å². The molecule has 0 fully saturated rings. The summed E-state index contributed by atoms with van der Waals surface area (Å²) in [4.78, 5) is 5.75. The van der Waals surface area contributed by atoms with Gasteiger partial charge in [-0.1, -0.05) is 30.3 Å². The number of thiazole rings is 1. The smallest absolute Gasteiger partial charge is 0.123 e. The first-order valence-corrected chi connectivity index (χ1v) is 7.84. The largest absolute Gasteiger partial charge is 0.307 e. The summed E-state index contributed by atoms with van der Waals surface area (Å²) in [5.74, 6) is 0. The summed E-state index contributed by atoms with van der Waals surface area (Å²) in [7, 11) is 0. The zero-order valence-corrected chi connectivity index (χ0v) is 12.8. The molecule has 2 aromatic heterocycles. The average molecular weight is 298 g/mol. The molecule has 0 saturated heterocycles. The maximum absolute atomic E-state index is 4.50. The molecule has 5 heteroatoms. The molecule has 0 aliphatic carbocycles. The lowest BCUT2D eigenvalue weighted by molar-refractivity contribution is 0.452. The van der Waals surface area contributed by atoms with Crippen molar-refractivity contribution in [1.29, 1.82) is 0 Å². The van der Waals surface area contributed by atoms with Crippen molar-refractivity contribution in [2.45, 2.75) is 26.1 Å². The second-order valence-electron chi connectivity index (χ2n) is 5.01. The van der Waals surface area contributed by atoms with E-state index >= 15 is 0 Å². The molecule has 3 aromatic rings. The van der Waals surface area contributed by atoms with Crippen LogP contribution in [-0.2, 0) is 13.1 Å². The first-order valence-electron chi connectivity index (χ1n) is 7.02. The summed E-state index contributed by atoms with van der Waals surface area (Å²) < 4.78 is 1.94. The Hall–Kier alpha value is -1.98. The highest BCUT2D eigenvalue weighted by molar-refractivity contribution is 7.15. The molecule has 1 atom stereocenters. The van der Waals surface area contributed by atoms with Crippen LogP contribution in [0.1, 0.15) is 11.8 Å². The predicted molar refractivity (Wildman–Crippen MR) is 86.1 cm³/mol. The summed E-state index contributed by atoms with van der Waals surface area (Å²) in [6.45, 7) is 3.88. The number of nitrogens with zero attached hydrogens (tertiary/aromatic N) is 3. The molecule has 1 N–H and O–H groups in total. The molecular formula is C16H18N4S. The lowest BCUT2D eigenvalue weighted by Gasteiger charge is -2.12. The van der Waals surface area contributed by atoms with Gasteiger partial charge in [-0.25, -0.2) is 4.98 Å². The third-order valence-corrected chi connectivity index (χ3v) is 4.27. The van der Waals surface area contributed by atoms with Crippen LogP contribution >= 0.6 is 11.3 Å². The number of hydrogen-bond donors (Lipinski definition) is 1. The molecule has 0 bridgehead atoms. The molecule has 4 nitrogen and oxygen atoms in total. The topological polar surface area (TPSA) is 42.7 Å². The van der Waals surface area contributed by atoms with Crippen LogP contribution in [0.15, 0.2) is 55.0 Å². The van der Waals surface area contributed by atoms with E-state index in [0.717, 1.165) is 18.1 Å². The van der Waals surface area contributed by atoms with Gasteiger partial charge in [0.05, 0.1) is 6.54 Å². The summed E-state index contributed by atoms with van der Waals surface area (Å²) in [6, 6.07) is 12.6. The zero-order chi connectivity index (χ0) is 14.5. The maximum Gasteiger partial charge on any atom is 0.123 e. The highest BCUT2D eigenvalue weighted by Gasteiger charge is 2.07. The van der Waals surface area contributed by atoms with E-state index in [1.165, 1.54) is 10.4 Å². The van der Waals surface area contributed by atoms with E-state index in [-0.39, 0.29) is 0 Å². The van der Waals surface area contributed by atoms with Gasteiger partial charge in [0, 0.05) is 41.6 Å². The molecule has 0 radical (unpaired) electrons. The molecule has 0 unspecified atom stereocenters. The van der Waals surface area contributed by atoms with Crippen LogP contribution in [0.3, 0.4) is 0 Å². The van der Waals surface area contributed by atoms with Crippen LogP contribution in [0.5, 0.6) is 0 Å². The average Bonchev–Trinajstić information content (AvgIpc) is 3.17. The van der Waals surface area contributed by atoms with Crippen molar-refractivity contribution in [3.05, 3.63) is 59.9 Å². The van der Waals surface area contributed by atoms with Crippen molar-refractivity contribution in [3.63, 3.8) is 0 Å². The van der Waals surface area contributed by atoms with Gasteiger partial charge in [-0.2, -0.15) is 5.10 Å². The van der Waals surface area contributed by atoms with Gasteiger partial charge < -0.3 is 5.32 Å². The molecule has 0 saturated carbocycles. The number of rotatable bonds is 6. The minimum atomic E-state index is 0.368. The quantitative estimate of drug-likeness (QED) is 0.760. The van der Waals surface area contributed by atoms with Crippen LogP contribution in [0, 0.1) is 0 Å². The van der Waals surface area contributed by atoms with Gasteiger partial charge in [-0.3, -0.25) is 4.68 Å². The Morgan fingerprint density at radius 1 is 1.24 bits per heavy atom. The van der Waals surface area contributed by atoms with Crippen molar-refractivity contribution in [1.82, 2.24) is 20.1 Å². The molecule has 0 spiro atoms. The van der Waals surface area contributed by atoms with Crippen LogP contribution in [0.25, 0.3) is 10.6 Å². The number of nitrogens with one attached hydrogen (secondary N) is 1. The highest BCUT2D eigenvalue weighted by atomic mass is 32.1. The lowest BCUT2D eigenvalue weighted by atomic mass is 10.2. The van der Waals surface area contributed by atoms with Gasteiger partial charge in [-0.15, -0.1) is 11.3 Å². The monoisotopic (exact) mass is 298 g/mol. The lowest BCUT2D eigenvalue weighted by Crippen LogP contribution is -2.29. The minimum Gasteiger partial charge on any atom is -0.307 e. The van der Waals surface area contributed by atoms with E-state index < -0.39 is 0 Å². The van der Waals surface area contributed by atoms with Crippen LogP contribution in [0.4, 0.5) is 0 Å². The normalized spacial score (nSPS) is 12.4. The minimum absolute atomic E-state index is 0.368. The Balaban J connectivity index is 1.55. The van der Waals surface area contributed by atoms with Crippen LogP contribution in [-0.4, -0.2) is 20.8 Å². The number of hydrogen-bond acceptors (Lipinski definition) is 4. The molecule has 3 rings (SSSR count). The summed E-state index contributed by atoms with van der Waals surface area (Å²) in [5, 5.41) is 8.81. The summed E-state index contributed by atoms with van der Waals surface area (Å²) in [6.07, 6.45) is 5.75. The fraction of sp³-hybridized carbons (Fsp3) is 0.250. The molecule has 0 amide bonds. The van der Waals surface area contributed by atoms with Gasteiger partial charge in [0.1, 0.15) is 5.01 Å². The molecule has 108 valence electrons. The Bertz CT molecular complexity index is 661. The van der Waals surface area contributed by atoms with Gasteiger partial charge in [0.25, 0.3) is 0 Å². The molecule has 21 heavy (non-hydrogen) atoms. The molecule has 0 aliphatic rings. The second kappa shape index (κ2) is 6.65.